The number of nitrogens with zero attached hydrogens (tertiary/aromatic N) is 1. The molecule has 0 aliphatic heterocycles. The number of benzene rings is 2. The molecule has 100 valence electrons. The number of pyridine rings is 1. The van der Waals surface area contributed by atoms with Crippen molar-refractivity contribution in [1.82, 2.24) is 4.98 Å². The highest BCUT2D eigenvalue weighted by Crippen LogP contribution is 2.33. The van der Waals surface area contributed by atoms with Gasteiger partial charge in [0, 0.05) is 16.6 Å². The van der Waals surface area contributed by atoms with Crippen molar-refractivity contribution in [2.75, 3.05) is 5.73 Å². The first-order valence-electron chi connectivity index (χ1n) is 6.80. The molecule has 2 heteroatoms. The molecule has 0 amide bonds. The molecular weight excluding hydrogens is 244 g/mol. The predicted octanol–water partition coefficient (Wildman–Crippen LogP) is 4.41. The average Bonchev–Trinajstić information content (AvgIpc) is 2.43. The third-order valence-electron chi connectivity index (χ3n) is 3.77. The van der Waals surface area contributed by atoms with Crippen molar-refractivity contribution >= 4 is 16.6 Å². The molecule has 0 fully saturated rings. The molecule has 1 aromatic heterocycles. The summed E-state index contributed by atoms with van der Waals surface area (Å²) in [6.45, 7) is 6.23. The minimum Gasteiger partial charge on any atom is -0.398 e. The van der Waals surface area contributed by atoms with E-state index in [9.17, 15) is 0 Å². The van der Waals surface area contributed by atoms with Crippen molar-refractivity contribution < 1.29 is 0 Å². The van der Waals surface area contributed by atoms with Crippen LogP contribution in [0.2, 0.25) is 0 Å². The van der Waals surface area contributed by atoms with Crippen molar-refractivity contribution in [2.45, 2.75) is 20.8 Å². The van der Waals surface area contributed by atoms with Gasteiger partial charge in [-0.15, -0.1) is 0 Å². The Morgan fingerprint density at radius 3 is 2.35 bits per heavy atom. The lowest BCUT2D eigenvalue weighted by molar-refractivity contribution is 1.31. The number of aryl methyl sites for hydroxylation is 2. The number of hydrogen-bond acceptors (Lipinski definition) is 2. The van der Waals surface area contributed by atoms with Gasteiger partial charge in [-0.05, 0) is 43.5 Å². The van der Waals surface area contributed by atoms with Gasteiger partial charge in [0.2, 0.25) is 0 Å². The van der Waals surface area contributed by atoms with Crippen molar-refractivity contribution in [3.63, 3.8) is 0 Å². The van der Waals surface area contributed by atoms with E-state index in [1.54, 1.807) is 0 Å². The summed E-state index contributed by atoms with van der Waals surface area (Å²) in [5, 5.41) is 1.08. The average molecular weight is 262 g/mol. The molecule has 0 spiro atoms. The molecular formula is C18H18N2. The fourth-order valence-corrected chi connectivity index (χ4v) is 2.78. The van der Waals surface area contributed by atoms with Crippen LogP contribution in [0.15, 0.2) is 42.5 Å². The van der Waals surface area contributed by atoms with Crippen LogP contribution in [-0.4, -0.2) is 4.98 Å². The lowest BCUT2D eigenvalue weighted by atomic mass is 9.98. The molecule has 0 aliphatic carbocycles. The van der Waals surface area contributed by atoms with Crippen LogP contribution in [0.3, 0.4) is 0 Å². The zero-order valence-electron chi connectivity index (χ0n) is 12.1. The second-order valence-electron chi connectivity index (χ2n) is 5.34. The summed E-state index contributed by atoms with van der Waals surface area (Å²) in [6.07, 6.45) is 0. The Hall–Kier alpha value is -2.35. The SMILES string of the molecule is Cc1cc(C)c2c(N)c(C)c(-c3ccccc3)nc2c1. The van der Waals surface area contributed by atoms with Gasteiger partial charge in [0.1, 0.15) is 0 Å². The van der Waals surface area contributed by atoms with E-state index in [0.717, 1.165) is 33.4 Å². The third-order valence-corrected chi connectivity index (χ3v) is 3.77. The van der Waals surface area contributed by atoms with Crippen LogP contribution in [0.1, 0.15) is 16.7 Å². The summed E-state index contributed by atoms with van der Waals surface area (Å²) in [4.78, 5) is 4.85. The van der Waals surface area contributed by atoms with Crippen LogP contribution in [-0.2, 0) is 0 Å². The normalized spacial score (nSPS) is 10.9. The smallest absolute Gasteiger partial charge is 0.0759 e. The quantitative estimate of drug-likeness (QED) is 0.705. The van der Waals surface area contributed by atoms with Gasteiger partial charge in [0.05, 0.1) is 11.2 Å². The highest BCUT2D eigenvalue weighted by molar-refractivity contribution is 5.97. The molecule has 0 unspecified atom stereocenters. The maximum atomic E-state index is 6.37. The molecule has 2 aromatic carbocycles. The number of nitrogens with two attached hydrogens (primary N) is 1. The minimum absolute atomic E-state index is 0.839. The monoisotopic (exact) mass is 262 g/mol. The van der Waals surface area contributed by atoms with Gasteiger partial charge in [-0.2, -0.15) is 0 Å². The van der Waals surface area contributed by atoms with E-state index >= 15 is 0 Å². The molecule has 3 rings (SSSR count). The Labute approximate surface area is 119 Å². The first-order valence-corrected chi connectivity index (χ1v) is 6.80. The molecule has 1 heterocycles. The zero-order chi connectivity index (χ0) is 14.3. The molecule has 0 atom stereocenters. The van der Waals surface area contributed by atoms with E-state index < -0.39 is 0 Å². The van der Waals surface area contributed by atoms with Gasteiger partial charge in [0.25, 0.3) is 0 Å². The Morgan fingerprint density at radius 2 is 1.65 bits per heavy atom. The second-order valence-corrected chi connectivity index (χ2v) is 5.34. The lowest BCUT2D eigenvalue weighted by Crippen LogP contribution is -1.99. The fraction of sp³-hybridized carbons (Fsp3) is 0.167. The van der Waals surface area contributed by atoms with Crippen LogP contribution >= 0.6 is 0 Å². The maximum absolute atomic E-state index is 6.37. The van der Waals surface area contributed by atoms with Gasteiger partial charge in [-0.1, -0.05) is 36.4 Å². The van der Waals surface area contributed by atoms with E-state index in [1.165, 1.54) is 11.1 Å². The van der Waals surface area contributed by atoms with Gasteiger partial charge in [-0.3, -0.25) is 0 Å². The van der Waals surface area contributed by atoms with Crippen molar-refractivity contribution in [3.8, 4) is 11.3 Å². The topological polar surface area (TPSA) is 38.9 Å². The lowest BCUT2D eigenvalue weighted by Gasteiger charge is -2.14. The molecule has 0 saturated heterocycles. The van der Waals surface area contributed by atoms with E-state index in [2.05, 4.69) is 38.1 Å². The molecule has 0 bridgehead atoms. The molecule has 0 radical (unpaired) electrons. The second kappa shape index (κ2) is 4.64. The minimum atomic E-state index is 0.839. The molecule has 2 N–H and O–H groups in total. The van der Waals surface area contributed by atoms with Crippen LogP contribution in [0.5, 0.6) is 0 Å². The summed E-state index contributed by atoms with van der Waals surface area (Å²) in [5.74, 6) is 0. The van der Waals surface area contributed by atoms with Gasteiger partial charge < -0.3 is 5.73 Å². The van der Waals surface area contributed by atoms with Gasteiger partial charge in [0.15, 0.2) is 0 Å². The highest BCUT2D eigenvalue weighted by atomic mass is 14.7. The Kier molecular flexibility index (Phi) is 2.94. The Morgan fingerprint density at radius 1 is 0.950 bits per heavy atom. The number of nitrogen functional groups attached to an aromatic ring is 1. The summed E-state index contributed by atoms with van der Waals surface area (Å²) in [6, 6.07) is 14.5. The predicted molar refractivity (Wildman–Crippen MR) is 85.8 cm³/mol. The first kappa shape index (κ1) is 12.7. The van der Waals surface area contributed by atoms with Crippen LogP contribution in [0.25, 0.3) is 22.2 Å². The van der Waals surface area contributed by atoms with Crippen molar-refractivity contribution in [2.24, 2.45) is 0 Å². The number of fused-ring (bicyclic) bond motifs is 1. The number of hydrogen-bond donors (Lipinski definition) is 1. The summed E-state index contributed by atoms with van der Waals surface area (Å²) >= 11 is 0. The van der Waals surface area contributed by atoms with E-state index in [1.807, 2.05) is 25.1 Å². The molecule has 0 aliphatic rings. The van der Waals surface area contributed by atoms with E-state index in [4.69, 9.17) is 10.7 Å². The van der Waals surface area contributed by atoms with Crippen LogP contribution < -0.4 is 5.73 Å². The first-order chi connectivity index (χ1) is 9.58. The summed E-state index contributed by atoms with van der Waals surface area (Å²) < 4.78 is 0. The molecule has 2 nitrogen and oxygen atoms in total. The summed E-state index contributed by atoms with van der Waals surface area (Å²) in [7, 11) is 0. The van der Waals surface area contributed by atoms with Crippen molar-refractivity contribution in [1.29, 1.82) is 0 Å². The van der Waals surface area contributed by atoms with Crippen LogP contribution in [0.4, 0.5) is 5.69 Å². The van der Waals surface area contributed by atoms with Gasteiger partial charge in [-0.25, -0.2) is 4.98 Å². The Balaban J connectivity index is 2.39. The third kappa shape index (κ3) is 1.94. The summed E-state index contributed by atoms with van der Waals surface area (Å²) in [5.41, 5.74) is 13.7. The standard InChI is InChI=1S/C18H18N2/c1-11-9-12(2)16-15(10-11)20-18(13(3)17(16)19)14-7-5-4-6-8-14/h4-10H,1-3H3,(H2,19,20). The maximum Gasteiger partial charge on any atom is 0.0759 e. The van der Waals surface area contributed by atoms with Crippen LogP contribution in [0, 0.1) is 20.8 Å². The molecule has 20 heavy (non-hydrogen) atoms. The van der Waals surface area contributed by atoms with Crippen molar-refractivity contribution in [3.05, 3.63) is 59.2 Å². The molecule has 3 aromatic rings. The number of rotatable bonds is 1. The number of aromatic nitrogens is 1. The largest absolute Gasteiger partial charge is 0.398 e. The molecule has 0 saturated carbocycles. The Bertz CT molecular complexity index is 790. The van der Waals surface area contributed by atoms with E-state index in [0.29, 0.717) is 0 Å². The van der Waals surface area contributed by atoms with E-state index in [-0.39, 0.29) is 0 Å². The highest BCUT2D eigenvalue weighted by Gasteiger charge is 2.12. The van der Waals surface area contributed by atoms with Gasteiger partial charge >= 0.3 is 0 Å². The zero-order valence-corrected chi connectivity index (χ0v) is 12.1. The fourth-order valence-electron chi connectivity index (χ4n) is 2.78. The number of anilines is 1.